The maximum atomic E-state index is 12.4. The summed E-state index contributed by atoms with van der Waals surface area (Å²) >= 11 is 0. The van der Waals surface area contributed by atoms with Gasteiger partial charge in [-0.2, -0.15) is 0 Å². The van der Waals surface area contributed by atoms with Gasteiger partial charge in [0.05, 0.1) is 25.9 Å². The Labute approximate surface area is 136 Å². The minimum absolute atomic E-state index is 0.145. The van der Waals surface area contributed by atoms with Crippen molar-refractivity contribution in [3.63, 3.8) is 0 Å². The van der Waals surface area contributed by atoms with E-state index in [1.54, 1.807) is 38.3 Å². The lowest BCUT2D eigenvalue weighted by molar-refractivity contribution is -0.136. The zero-order valence-electron chi connectivity index (χ0n) is 13.3. The predicted molar refractivity (Wildman–Crippen MR) is 89.9 cm³/mol. The van der Waals surface area contributed by atoms with Gasteiger partial charge in [-0.25, -0.2) is 4.79 Å². The van der Waals surface area contributed by atoms with E-state index in [-0.39, 0.29) is 6.61 Å². The smallest absolute Gasteiger partial charge is 0.338 e. The molecule has 0 aliphatic rings. The first kappa shape index (κ1) is 16.8. The van der Waals surface area contributed by atoms with Crippen molar-refractivity contribution in [1.82, 2.24) is 0 Å². The molecular weight excluding hydrogens is 292 g/mol. The van der Waals surface area contributed by atoms with Gasteiger partial charge in [0, 0.05) is 5.56 Å². The van der Waals surface area contributed by atoms with Gasteiger partial charge < -0.3 is 14.6 Å². The van der Waals surface area contributed by atoms with Gasteiger partial charge in [0.1, 0.15) is 5.75 Å². The summed E-state index contributed by atoms with van der Waals surface area (Å²) in [4.78, 5) is 12.4. The van der Waals surface area contributed by atoms with Gasteiger partial charge in [0.2, 0.25) is 0 Å². The summed E-state index contributed by atoms with van der Waals surface area (Å²) in [7, 11) is 1.56. The highest BCUT2D eigenvalue weighted by Crippen LogP contribution is 2.28. The largest absolute Gasteiger partial charge is 0.496 e. The molecule has 0 radical (unpaired) electrons. The van der Waals surface area contributed by atoms with Gasteiger partial charge in [0.25, 0.3) is 0 Å². The van der Waals surface area contributed by atoms with Crippen molar-refractivity contribution < 1.29 is 19.4 Å². The number of hydrogen-bond acceptors (Lipinski definition) is 4. The van der Waals surface area contributed by atoms with E-state index in [0.29, 0.717) is 29.1 Å². The Morgan fingerprint density at radius 2 is 1.87 bits per heavy atom. The van der Waals surface area contributed by atoms with Gasteiger partial charge in [-0.1, -0.05) is 42.5 Å². The van der Waals surface area contributed by atoms with Crippen molar-refractivity contribution >= 4 is 17.6 Å². The first-order valence-electron chi connectivity index (χ1n) is 7.42. The maximum absolute atomic E-state index is 12.4. The molecule has 0 saturated heterocycles. The van der Waals surface area contributed by atoms with E-state index < -0.39 is 5.97 Å². The SMILES string of the molecule is CCOC(=O)C(=Cc1c(CO)cccc1OC)c1ccccc1. The van der Waals surface area contributed by atoms with Crippen LogP contribution >= 0.6 is 0 Å². The third-order valence-corrected chi connectivity index (χ3v) is 3.42. The minimum Gasteiger partial charge on any atom is -0.496 e. The summed E-state index contributed by atoms with van der Waals surface area (Å²) in [5.41, 5.74) is 2.53. The van der Waals surface area contributed by atoms with Crippen LogP contribution in [-0.2, 0) is 16.1 Å². The third-order valence-electron chi connectivity index (χ3n) is 3.42. The lowest BCUT2D eigenvalue weighted by atomic mass is 9.99. The number of aliphatic hydroxyl groups is 1. The second kappa shape index (κ2) is 8.15. The van der Waals surface area contributed by atoms with Crippen LogP contribution in [0.2, 0.25) is 0 Å². The van der Waals surface area contributed by atoms with Gasteiger partial charge in [0.15, 0.2) is 0 Å². The molecule has 23 heavy (non-hydrogen) atoms. The molecule has 0 saturated carbocycles. The van der Waals surface area contributed by atoms with Crippen LogP contribution in [0.5, 0.6) is 5.75 Å². The Morgan fingerprint density at radius 1 is 1.13 bits per heavy atom. The van der Waals surface area contributed by atoms with Crippen molar-refractivity contribution in [1.29, 1.82) is 0 Å². The highest BCUT2D eigenvalue weighted by Gasteiger charge is 2.16. The highest BCUT2D eigenvalue weighted by molar-refractivity contribution is 6.21. The number of methoxy groups -OCH3 is 1. The highest BCUT2D eigenvalue weighted by atomic mass is 16.5. The summed E-state index contributed by atoms with van der Waals surface area (Å²) in [6.45, 7) is 1.92. The van der Waals surface area contributed by atoms with E-state index in [4.69, 9.17) is 9.47 Å². The molecule has 120 valence electrons. The number of carbonyl (C=O) groups excluding carboxylic acids is 1. The summed E-state index contributed by atoms with van der Waals surface area (Å²) in [6, 6.07) is 14.7. The molecule has 1 N–H and O–H groups in total. The molecule has 0 fully saturated rings. The number of ether oxygens (including phenoxy) is 2. The standard InChI is InChI=1S/C19H20O4/c1-3-23-19(21)17(14-8-5-4-6-9-14)12-16-15(13-20)10-7-11-18(16)22-2/h4-12,20H,3,13H2,1-2H3. The summed E-state index contributed by atoms with van der Waals surface area (Å²) in [5, 5.41) is 9.56. The fraction of sp³-hybridized carbons (Fsp3) is 0.211. The second-order valence-corrected chi connectivity index (χ2v) is 4.84. The van der Waals surface area contributed by atoms with E-state index in [0.717, 1.165) is 5.56 Å². The Hall–Kier alpha value is -2.59. The third kappa shape index (κ3) is 3.99. The van der Waals surface area contributed by atoms with Crippen molar-refractivity contribution in [2.75, 3.05) is 13.7 Å². The molecule has 0 amide bonds. The van der Waals surface area contributed by atoms with Gasteiger partial charge in [-0.05, 0) is 30.2 Å². The van der Waals surface area contributed by atoms with Crippen LogP contribution in [0.3, 0.4) is 0 Å². The maximum Gasteiger partial charge on any atom is 0.338 e. The number of benzene rings is 2. The Morgan fingerprint density at radius 3 is 2.48 bits per heavy atom. The molecular formula is C19H20O4. The summed E-state index contributed by atoms with van der Waals surface area (Å²) in [5.74, 6) is 0.183. The van der Waals surface area contributed by atoms with Crippen molar-refractivity contribution in [2.45, 2.75) is 13.5 Å². The monoisotopic (exact) mass is 312 g/mol. The first-order chi connectivity index (χ1) is 11.2. The molecule has 0 heterocycles. The average Bonchev–Trinajstić information content (AvgIpc) is 2.60. The van der Waals surface area contributed by atoms with E-state index >= 15 is 0 Å². The summed E-state index contributed by atoms with van der Waals surface area (Å²) < 4.78 is 10.5. The normalized spacial score (nSPS) is 11.2. The molecule has 2 aromatic rings. The number of carbonyl (C=O) groups is 1. The van der Waals surface area contributed by atoms with Gasteiger partial charge >= 0.3 is 5.97 Å². The van der Waals surface area contributed by atoms with Crippen LogP contribution in [-0.4, -0.2) is 24.8 Å². The zero-order valence-corrected chi connectivity index (χ0v) is 13.3. The predicted octanol–water partition coefficient (Wildman–Crippen LogP) is 3.29. The fourth-order valence-corrected chi connectivity index (χ4v) is 2.30. The number of aliphatic hydroxyl groups excluding tert-OH is 1. The van der Waals surface area contributed by atoms with Gasteiger partial charge in [-0.3, -0.25) is 0 Å². The van der Waals surface area contributed by atoms with E-state index in [2.05, 4.69) is 0 Å². The van der Waals surface area contributed by atoms with E-state index in [1.165, 1.54) is 0 Å². The second-order valence-electron chi connectivity index (χ2n) is 4.84. The molecule has 0 aromatic heterocycles. The van der Waals surface area contributed by atoms with Gasteiger partial charge in [-0.15, -0.1) is 0 Å². The molecule has 0 spiro atoms. The van der Waals surface area contributed by atoms with Crippen LogP contribution in [0.25, 0.3) is 11.6 Å². The molecule has 4 nitrogen and oxygen atoms in total. The van der Waals surface area contributed by atoms with Crippen molar-refractivity contribution in [2.24, 2.45) is 0 Å². The Balaban J connectivity index is 2.60. The molecule has 0 aliphatic carbocycles. The zero-order chi connectivity index (χ0) is 16.7. The summed E-state index contributed by atoms with van der Waals surface area (Å²) in [6.07, 6.45) is 1.71. The Kier molecular flexibility index (Phi) is 5.94. The first-order valence-corrected chi connectivity index (χ1v) is 7.42. The number of rotatable bonds is 6. The molecule has 0 bridgehead atoms. The lowest BCUT2D eigenvalue weighted by Crippen LogP contribution is -2.07. The fourth-order valence-electron chi connectivity index (χ4n) is 2.30. The van der Waals surface area contributed by atoms with Crippen LogP contribution in [0.1, 0.15) is 23.6 Å². The Bertz CT molecular complexity index is 668. The average molecular weight is 312 g/mol. The molecule has 2 rings (SSSR count). The van der Waals surface area contributed by atoms with E-state index in [1.807, 2.05) is 30.3 Å². The van der Waals surface area contributed by atoms with Crippen molar-refractivity contribution in [3.8, 4) is 5.75 Å². The lowest BCUT2D eigenvalue weighted by Gasteiger charge is -2.12. The number of esters is 1. The molecule has 2 aromatic carbocycles. The van der Waals surface area contributed by atoms with E-state index in [9.17, 15) is 9.90 Å². The molecule has 0 aliphatic heterocycles. The molecule has 4 heteroatoms. The van der Waals surface area contributed by atoms with Crippen LogP contribution < -0.4 is 4.74 Å². The quantitative estimate of drug-likeness (QED) is 0.505. The number of hydrogen-bond donors (Lipinski definition) is 1. The molecule has 0 unspecified atom stereocenters. The minimum atomic E-state index is -0.409. The topological polar surface area (TPSA) is 55.8 Å². The molecule has 0 atom stereocenters. The van der Waals surface area contributed by atoms with Crippen LogP contribution in [0.15, 0.2) is 48.5 Å². The van der Waals surface area contributed by atoms with Crippen molar-refractivity contribution in [3.05, 3.63) is 65.2 Å². The van der Waals surface area contributed by atoms with Crippen LogP contribution in [0, 0.1) is 0 Å². The van der Waals surface area contributed by atoms with Crippen LogP contribution in [0.4, 0.5) is 0 Å².